The van der Waals surface area contributed by atoms with E-state index in [1.54, 1.807) is 12.1 Å². The lowest BCUT2D eigenvalue weighted by Crippen LogP contribution is -2.39. The number of aromatic hydroxyl groups is 1. The highest BCUT2D eigenvalue weighted by Crippen LogP contribution is 2.25. The molecule has 162 valence electrons. The maximum atomic E-state index is 12.6. The Morgan fingerprint density at radius 1 is 1.20 bits per heavy atom. The Morgan fingerprint density at radius 3 is 2.53 bits per heavy atom. The second kappa shape index (κ2) is 10.2. The van der Waals surface area contributed by atoms with Crippen LogP contribution in [0.4, 0.5) is 0 Å². The lowest BCUT2D eigenvalue weighted by Gasteiger charge is -2.24. The van der Waals surface area contributed by atoms with Gasteiger partial charge in [0.15, 0.2) is 0 Å². The molecule has 1 amide bonds. The fourth-order valence-corrected chi connectivity index (χ4v) is 3.56. The van der Waals surface area contributed by atoms with Gasteiger partial charge in [-0.25, -0.2) is 0 Å². The highest BCUT2D eigenvalue weighted by Gasteiger charge is 2.27. The number of nitrogens with one attached hydrogen (secondary N) is 2. The molecular weight excluding hydrogens is 388 g/mol. The zero-order valence-corrected chi connectivity index (χ0v) is 17.0. The largest absolute Gasteiger partial charge is 0.508 e. The first kappa shape index (κ1) is 21.8. The van der Waals surface area contributed by atoms with Crippen molar-refractivity contribution < 1.29 is 24.2 Å². The predicted molar refractivity (Wildman–Crippen MR) is 108 cm³/mol. The van der Waals surface area contributed by atoms with Crippen molar-refractivity contribution in [3.05, 3.63) is 41.6 Å². The van der Waals surface area contributed by atoms with Crippen LogP contribution in [0.2, 0.25) is 0 Å². The lowest BCUT2D eigenvalue weighted by molar-refractivity contribution is -0.137. The summed E-state index contributed by atoms with van der Waals surface area (Å²) < 4.78 is 5.83. The molecule has 2 atom stereocenters. The quantitative estimate of drug-likeness (QED) is 0.488. The summed E-state index contributed by atoms with van der Waals surface area (Å²) in [6.07, 6.45) is 2.20. The fourth-order valence-electron chi connectivity index (χ4n) is 3.56. The first-order valence-electron chi connectivity index (χ1n) is 10.3. The average molecular weight is 416 g/mol. The Kier molecular flexibility index (Phi) is 7.40. The molecule has 1 aliphatic rings. The van der Waals surface area contributed by atoms with Gasteiger partial charge in [-0.05, 0) is 56.5 Å². The molecule has 4 N–H and O–H groups in total. The van der Waals surface area contributed by atoms with Gasteiger partial charge in [-0.15, -0.1) is 10.2 Å². The van der Waals surface area contributed by atoms with E-state index in [1.807, 2.05) is 19.1 Å². The van der Waals surface area contributed by atoms with Crippen molar-refractivity contribution in [2.24, 2.45) is 5.92 Å². The van der Waals surface area contributed by atoms with Gasteiger partial charge in [-0.2, -0.15) is 0 Å². The van der Waals surface area contributed by atoms with Crippen LogP contribution in [0.5, 0.6) is 5.75 Å². The van der Waals surface area contributed by atoms with Crippen molar-refractivity contribution in [3.63, 3.8) is 0 Å². The molecule has 1 fully saturated rings. The number of hydrogen-bond acceptors (Lipinski definition) is 7. The first-order chi connectivity index (χ1) is 14.4. The monoisotopic (exact) mass is 416 g/mol. The molecule has 3 rings (SSSR count). The molecule has 1 aromatic carbocycles. The second-order valence-corrected chi connectivity index (χ2v) is 7.77. The summed E-state index contributed by atoms with van der Waals surface area (Å²) in [6, 6.07) is 6.28. The number of phenolic OH excluding ortho intramolecular Hbond substituents is 1. The molecule has 30 heavy (non-hydrogen) atoms. The Labute approximate surface area is 174 Å². The third-order valence-electron chi connectivity index (χ3n) is 5.33. The molecule has 0 spiro atoms. The van der Waals surface area contributed by atoms with Gasteiger partial charge in [0.2, 0.25) is 17.7 Å². The standard InChI is InChI=1S/C21H28N4O5/c1-13(12-14-2-4-16(26)5-3-14)20-24-25-21(30-20)17(6-7-18(27)28)23-19(29)15-8-10-22-11-9-15/h2-5,13,15,17,22,26H,6-12H2,1H3,(H,23,29)(H,27,28)/t13-,17-/m0/s1. The Morgan fingerprint density at radius 2 is 1.87 bits per heavy atom. The second-order valence-electron chi connectivity index (χ2n) is 7.77. The van der Waals surface area contributed by atoms with E-state index in [2.05, 4.69) is 20.8 Å². The van der Waals surface area contributed by atoms with Crippen molar-refractivity contribution in [2.75, 3.05) is 13.1 Å². The number of carbonyl (C=O) groups is 2. The van der Waals surface area contributed by atoms with Gasteiger partial charge in [0.05, 0.1) is 0 Å². The number of carboxylic acid groups (broad SMARTS) is 1. The number of carboxylic acids is 1. The van der Waals surface area contributed by atoms with Gasteiger partial charge < -0.3 is 25.3 Å². The summed E-state index contributed by atoms with van der Waals surface area (Å²) in [5.41, 5.74) is 1.02. The summed E-state index contributed by atoms with van der Waals surface area (Å²) in [7, 11) is 0. The predicted octanol–water partition coefficient (Wildman–Crippen LogP) is 2.14. The topological polar surface area (TPSA) is 138 Å². The number of hydrogen-bond donors (Lipinski definition) is 4. The van der Waals surface area contributed by atoms with Crippen LogP contribution in [0, 0.1) is 5.92 Å². The third-order valence-corrected chi connectivity index (χ3v) is 5.33. The van der Waals surface area contributed by atoms with Crippen molar-refractivity contribution in [2.45, 2.75) is 51.0 Å². The lowest BCUT2D eigenvalue weighted by atomic mass is 9.96. The molecule has 1 aromatic heterocycles. The number of amides is 1. The first-order valence-corrected chi connectivity index (χ1v) is 10.3. The molecule has 0 saturated carbocycles. The molecule has 2 aromatic rings. The van der Waals surface area contributed by atoms with E-state index in [4.69, 9.17) is 9.52 Å². The SMILES string of the molecule is C[C@@H](Cc1ccc(O)cc1)c1nnc([C@H](CCC(=O)O)NC(=O)C2CCNCC2)o1. The van der Waals surface area contributed by atoms with Crippen LogP contribution in [0.3, 0.4) is 0 Å². The summed E-state index contributed by atoms with van der Waals surface area (Å²) in [5.74, 6) is -0.372. The van der Waals surface area contributed by atoms with Crippen LogP contribution in [0.1, 0.15) is 61.9 Å². The van der Waals surface area contributed by atoms with Crippen molar-refractivity contribution in [1.29, 1.82) is 0 Å². The Bertz CT molecular complexity index is 845. The Hall–Kier alpha value is -2.94. The molecule has 1 aliphatic heterocycles. The molecule has 9 heteroatoms. The van der Waals surface area contributed by atoms with Crippen molar-refractivity contribution in [3.8, 4) is 5.75 Å². The van der Waals surface area contributed by atoms with Gasteiger partial charge >= 0.3 is 5.97 Å². The van der Waals surface area contributed by atoms with E-state index in [1.165, 1.54) is 0 Å². The maximum Gasteiger partial charge on any atom is 0.303 e. The minimum atomic E-state index is -0.948. The van der Waals surface area contributed by atoms with Gasteiger partial charge in [0.1, 0.15) is 11.8 Å². The van der Waals surface area contributed by atoms with Crippen LogP contribution in [0.15, 0.2) is 28.7 Å². The number of nitrogens with zero attached hydrogens (tertiary/aromatic N) is 2. The van der Waals surface area contributed by atoms with E-state index in [-0.39, 0.29) is 42.2 Å². The number of aliphatic carboxylic acids is 1. The van der Waals surface area contributed by atoms with Crippen molar-refractivity contribution >= 4 is 11.9 Å². The van der Waals surface area contributed by atoms with E-state index < -0.39 is 12.0 Å². The molecule has 9 nitrogen and oxygen atoms in total. The van der Waals surface area contributed by atoms with Crippen LogP contribution >= 0.6 is 0 Å². The number of piperidine rings is 1. The number of benzene rings is 1. The normalized spacial score (nSPS) is 16.7. The third kappa shape index (κ3) is 6.03. The van der Waals surface area contributed by atoms with Crippen LogP contribution in [-0.4, -0.2) is 45.4 Å². The zero-order chi connectivity index (χ0) is 21.5. The fraction of sp³-hybridized carbons (Fsp3) is 0.524. The van der Waals surface area contributed by atoms with Crippen molar-refractivity contribution in [1.82, 2.24) is 20.8 Å². The number of rotatable bonds is 9. The maximum absolute atomic E-state index is 12.6. The molecule has 2 heterocycles. The molecule has 0 bridgehead atoms. The van der Waals surface area contributed by atoms with Gasteiger partial charge in [0.25, 0.3) is 0 Å². The van der Waals surface area contributed by atoms with E-state index in [0.29, 0.717) is 12.3 Å². The van der Waals surface area contributed by atoms with Crippen LogP contribution in [0.25, 0.3) is 0 Å². The zero-order valence-electron chi connectivity index (χ0n) is 17.0. The molecular formula is C21H28N4O5. The van der Waals surface area contributed by atoms with Gasteiger partial charge in [0, 0.05) is 18.3 Å². The minimum Gasteiger partial charge on any atom is -0.508 e. The van der Waals surface area contributed by atoms with E-state index in [9.17, 15) is 14.7 Å². The number of carbonyl (C=O) groups excluding carboxylic acids is 1. The molecule has 1 saturated heterocycles. The summed E-state index contributed by atoms with van der Waals surface area (Å²) in [4.78, 5) is 23.7. The summed E-state index contributed by atoms with van der Waals surface area (Å²) >= 11 is 0. The highest BCUT2D eigenvalue weighted by molar-refractivity contribution is 5.79. The van der Waals surface area contributed by atoms with E-state index >= 15 is 0 Å². The molecule has 0 aliphatic carbocycles. The van der Waals surface area contributed by atoms with Crippen LogP contribution < -0.4 is 10.6 Å². The van der Waals surface area contributed by atoms with E-state index in [0.717, 1.165) is 31.5 Å². The number of aromatic nitrogens is 2. The average Bonchev–Trinajstić information content (AvgIpc) is 3.23. The Balaban J connectivity index is 1.68. The molecule has 0 radical (unpaired) electrons. The summed E-state index contributed by atoms with van der Waals surface area (Å²) in [6.45, 7) is 3.53. The number of phenols is 1. The highest BCUT2D eigenvalue weighted by atomic mass is 16.4. The minimum absolute atomic E-state index is 0.0731. The molecule has 0 unspecified atom stereocenters. The smallest absolute Gasteiger partial charge is 0.303 e. The van der Waals surface area contributed by atoms with Gasteiger partial charge in [-0.3, -0.25) is 9.59 Å². The summed E-state index contributed by atoms with van der Waals surface area (Å²) in [5, 5.41) is 32.8. The van der Waals surface area contributed by atoms with Crippen LogP contribution in [-0.2, 0) is 16.0 Å². The van der Waals surface area contributed by atoms with Gasteiger partial charge in [-0.1, -0.05) is 19.1 Å².